The third kappa shape index (κ3) is 3.37. The Morgan fingerprint density at radius 2 is 2.00 bits per heavy atom. The Morgan fingerprint density at radius 1 is 1.27 bits per heavy atom. The number of halogens is 1. The van der Waals surface area contributed by atoms with E-state index in [9.17, 15) is 9.18 Å². The zero-order valence-corrected chi connectivity index (χ0v) is 14.7. The van der Waals surface area contributed by atoms with Crippen molar-refractivity contribution in [1.29, 1.82) is 0 Å². The zero-order chi connectivity index (χ0) is 18.1. The number of carbonyl (C=O) groups is 1. The summed E-state index contributed by atoms with van der Waals surface area (Å²) in [7, 11) is 0. The van der Waals surface area contributed by atoms with Crippen molar-refractivity contribution in [2.75, 3.05) is 26.3 Å². The van der Waals surface area contributed by atoms with E-state index in [0.717, 1.165) is 0 Å². The molecule has 2 aliphatic rings. The molecule has 26 heavy (non-hydrogen) atoms. The number of hydrogen-bond acceptors (Lipinski definition) is 5. The van der Waals surface area contributed by atoms with E-state index in [1.807, 2.05) is 4.90 Å². The van der Waals surface area contributed by atoms with E-state index in [4.69, 9.17) is 13.9 Å². The lowest BCUT2D eigenvalue weighted by Crippen LogP contribution is -2.47. The van der Waals surface area contributed by atoms with E-state index >= 15 is 0 Å². The van der Waals surface area contributed by atoms with Crippen molar-refractivity contribution in [2.45, 2.75) is 32.0 Å². The summed E-state index contributed by atoms with van der Waals surface area (Å²) < 4.78 is 30.4. The van der Waals surface area contributed by atoms with Crippen molar-refractivity contribution >= 4 is 5.91 Å². The van der Waals surface area contributed by atoms with Crippen LogP contribution >= 0.6 is 0 Å². The van der Waals surface area contributed by atoms with Gasteiger partial charge in [0, 0.05) is 31.5 Å². The molecule has 3 heterocycles. The fraction of sp³-hybridized carbons (Fsp3) is 0.474. The van der Waals surface area contributed by atoms with E-state index < -0.39 is 5.79 Å². The molecule has 7 heteroatoms. The van der Waals surface area contributed by atoms with Gasteiger partial charge in [-0.15, -0.1) is 0 Å². The number of aryl methyl sites for hydroxylation is 1. The molecule has 4 rings (SSSR count). The predicted octanol–water partition coefficient (Wildman–Crippen LogP) is 2.70. The van der Waals surface area contributed by atoms with Crippen molar-refractivity contribution in [3.63, 3.8) is 0 Å². The van der Waals surface area contributed by atoms with Crippen LogP contribution in [0.4, 0.5) is 4.39 Å². The number of rotatable bonds is 3. The number of piperidine rings is 1. The van der Waals surface area contributed by atoms with Crippen LogP contribution in [0.5, 0.6) is 0 Å². The van der Waals surface area contributed by atoms with Crippen LogP contribution in [0.15, 0.2) is 28.7 Å². The standard InChI is InChI=1S/C19H21FN2O4/c1-13-16(21-18(26-13)14-3-2-4-15(20)11-14)12-17(23)22-7-5-19(6-8-22)24-9-10-25-19/h2-4,11H,5-10,12H2,1H3. The van der Waals surface area contributed by atoms with E-state index in [1.54, 1.807) is 19.1 Å². The van der Waals surface area contributed by atoms with Crippen molar-refractivity contribution in [1.82, 2.24) is 9.88 Å². The van der Waals surface area contributed by atoms with E-state index in [-0.39, 0.29) is 18.1 Å². The first-order valence-corrected chi connectivity index (χ1v) is 8.83. The summed E-state index contributed by atoms with van der Waals surface area (Å²) in [6.45, 7) is 4.21. The Morgan fingerprint density at radius 3 is 2.69 bits per heavy atom. The van der Waals surface area contributed by atoms with Gasteiger partial charge in [0.25, 0.3) is 0 Å². The molecule has 2 saturated heterocycles. The summed E-state index contributed by atoms with van der Waals surface area (Å²) in [6, 6.07) is 6.06. The van der Waals surface area contributed by atoms with Crippen LogP contribution in [0.2, 0.25) is 0 Å². The van der Waals surface area contributed by atoms with Gasteiger partial charge in [0.05, 0.1) is 25.3 Å². The molecule has 138 valence electrons. The number of ether oxygens (including phenoxy) is 2. The lowest BCUT2D eigenvalue weighted by Gasteiger charge is -2.37. The van der Waals surface area contributed by atoms with Gasteiger partial charge in [-0.05, 0) is 25.1 Å². The molecular formula is C19H21FN2O4. The highest BCUT2D eigenvalue weighted by Gasteiger charge is 2.40. The second-order valence-electron chi connectivity index (χ2n) is 6.70. The molecule has 0 saturated carbocycles. The van der Waals surface area contributed by atoms with Gasteiger partial charge in [0.15, 0.2) is 5.79 Å². The molecule has 0 atom stereocenters. The first-order valence-electron chi connectivity index (χ1n) is 8.83. The number of oxazole rings is 1. The third-order valence-electron chi connectivity index (χ3n) is 4.97. The number of hydrogen-bond donors (Lipinski definition) is 0. The van der Waals surface area contributed by atoms with Gasteiger partial charge in [-0.2, -0.15) is 0 Å². The lowest BCUT2D eigenvalue weighted by molar-refractivity contribution is -0.187. The van der Waals surface area contributed by atoms with E-state index in [1.165, 1.54) is 12.1 Å². The number of carbonyl (C=O) groups excluding carboxylic acids is 1. The molecule has 2 aliphatic heterocycles. The maximum Gasteiger partial charge on any atom is 0.228 e. The van der Waals surface area contributed by atoms with Crippen molar-refractivity contribution in [3.05, 3.63) is 41.5 Å². The predicted molar refractivity (Wildman–Crippen MR) is 90.8 cm³/mol. The average molecular weight is 360 g/mol. The van der Waals surface area contributed by atoms with Gasteiger partial charge in [0.1, 0.15) is 11.6 Å². The quantitative estimate of drug-likeness (QED) is 0.842. The highest BCUT2D eigenvalue weighted by atomic mass is 19.1. The minimum absolute atomic E-state index is 0.0000363. The van der Waals surface area contributed by atoms with Crippen molar-refractivity contribution < 1.29 is 23.1 Å². The first-order chi connectivity index (χ1) is 12.5. The van der Waals surface area contributed by atoms with Gasteiger partial charge in [-0.3, -0.25) is 4.79 Å². The Bertz CT molecular complexity index is 804. The van der Waals surface area contributed by atoms with Crippen LogP contribution in [0.1, 0.15) is 24.3 Å². The van der Waals surface area contributed by atoms with Gasteiger partial charge in [-0.25, -0.2) is 9.37 Å². The van der Waals surface area contributed by atoms with Crippen LogP contribution in [0.3, 0.4) is 0 Å². The van der Waals surface area contributed by atoms with Crippen LogP contribution in [-0.2, 0) is 20.7 Å². The molecule has 2 aromatic rings. The highest BCUT2D eigenvalue weighted by molar-refractivity contribution is 5.78. The summed E-state index contributed by atoms with van der Waals surface area (Å²) in [4.78, 5) is 18.8. The molecule has 1 spiro atoms. The minimum Gasteiger partial charge on any atom is -0.441 e. The van der Waals surface area contributed by atoms with Gasteiger partial charge in [-0.1, -0.05) is 6.07 Å². The first kappa shape index (κ1) is 17.2. The summed E-state index contributed by atoms with van der Waals surface area (Å²) in [6.07, 6.45) is 1.54. The maximum atomic E-state index is 13.4. The molecular weight excluding hydrogens is 339 g/mol. The monoisotopic (exact) mass is 360 g/mol. The molecule has 0 radical (unpaired) electrons. The number of nitrogens with zero attached hydrogens (tertiary/aromatic N) is 2. The molecule has 1 aromatic carbocycles. The van der Waals surface area contributed by atoms with Crippen LogP contribution < -0.4 is 0 Å². The Kier molecular flexibility index (Phi) is 4.50. The molecule has 0 N–H and O–H groups in total. The van der Waals surface area contributed by atoms with Gasteiger partial charge in [0.2, 0.25) is 11.8 Å². The average Bonchev–Trinajstić information content (AvgIpc) is 3.23. The highest BCUT2D eigenvalue weighted by Crippen LogP contribution is 2.31. The van der Waals surface area contributed by atoms with Gasteiger partial charge >= 0.3 is 0 Å². The summed E-state index contributed by atoms with van der Waals surface area (Å²) in [5, 5.41) is 0. The van der Waals surface area contributed by atoms with Crippen LogP contribution in [-0.4, -0.2) is 47.9 Å². The molecule has 1 aromatic heterocycles. The second-order valence-corrected chi connectivity index (χ2v) is 6.70. The maximum absolute atomic E-state index is 13.4. The second kappa shape index (κ2) is 6.81. The molecule has 0 unspecified atom stereocenters. The summed E-state index contributed by atoms with van der Waals surface area (Å²) in [5.41, 5.74) is 1.14. The topological polar surface area (TPSA) is 64.8 Å². The number of aromatic nitrogens is 1. The van der Waals surface area contributed by atoms with Crippen LogP contribution in [0, 0.1) is 12.7 Å². The number of amides is 1. The van der Waals surface area contributed by atoms with Crippen LogP contribution in [0.25, 0.3) is 11.5 Å². The third-order valence-corrected chi connectivity index (χ3v) is 4.97. The van der Waals surface area contributed by atoms with E-state index in [0.29, 0.717) is 62.1 Å². The Labute approximate surface area is 150 Å². The van der Waals surface area contributed by atoms with Crippen molar-refractivity contribution in [3.8, 4) is 11.5 Å². The smallest absolute Gasteiger partial charge is 0.228 e. The number of benzene rings is 1. The molecule has 6 nitrogen and oxygen atoms in total. The molecule has 0 aliphatic carbocycles. The summed E-state index contributed by atoms with van der Waals surface area (Å²) >= 11 is 0. The Balaban J connectivity index is 1.42. The van der Waals surface area contributed by atoms with Gasteiger partial charge < -0.3 is 18.8 Å². The molecule has 0 bridgehead atoms. The van der Waals surface area contributed by atoms with Crippen molar-refractivity contribution in [2.24, 2.45) is 0 Å². The number of likely N-dealkylation sites (tertiary alicyclic amines) is 1. The largest absolute Gasteiger partial charge is 0.441 e. The lowest BCUT2D eigenvalue weighted by atomic mass is 10.0. The Hall–Kier alpha value is -2.25. The van der Waals surface area contributed by atoms with E-state index in [2.05, 4.69) is 4.98 Å². The molecule has 1 amide bonds. The fourth-order valence-electron chi connectivity index (χ4n) is 3.47. The fourth-order valence-corrected chi connectivity index (χ4v) is 3.47. The SMILES string of the molecule is Cc1oc(-c2cccc(F)c2)nc1CC(=O)N1CCC2(CC1)OCCO2. The molecule has 2 fully saturated rings. The zero-order valence-electron chi connectivity index (χ0n) is 14.7. The normalized spacial score (nSPS) is 19.2. The minimum atomic E-state index is -0.495. The summed E-state index contributed by atoms with van der Waals surface area (Å²) in [5.74, 6) is 0.0591.